The molecule has 0 bridgehead atoms. The third kappa shape index (κ3) is 43100. The predicted molar refractivity (Wildman–Crippen MR) is 58.9 cm³/mol. The molecule has 13 N–H and O–H groups in total. The van der Waals surface area contributed by atoms with Gasteiger partial charge in [0.2, 0.25) is 0 Å². The van der Waals surface area contributed by atoms with Gasteiger partial charge >= 0.3 is 48.1 Å². The van der Waals surface area contributed by atoms with Gasteiger partial charge in [0.15, 0.2) is 0 Å². The van der Waals surface area contributed by atoms with E-state index in [4.69, 9.17) is 65.4 Å². The fourth-order valence-corrected chi connectivity index (χ4v) is 0. The van der Waals surface area contributed by atoms with Gasteiger partial charge in [0.05, 0.1) is 0 Å². The largest absolute Gasteiger partial charge is 1.00 e. The van der Waals surface area contributed by atoms with Crippen LogP contribution in [0.15, 0.2) is 0 Å². The van der Waals surface area contributed by atoms with E-state index in [1.807, 2.05) is 0 Å². The maximum absolute atomic E-state index is 7.17. The zero-order valence-electron chi connectivity index (χ0n) is 11.1. The second-order valence-electron chi connectivity index (χ2n) is 1.39. The smallest absolute Gasteiger partial charge is 1.00 e. The Balaban J connectivity index is -0.0000000209. The second-order valence-corrected chi connectivity index (χ2v) is 1.39. The van der Waals surface area contributed by atoms with E-state index in [9.17, 15) is 0 Å². The minimum atomic E-state index is -2.17. The minimum absolute atomic E-state index is 0. The SMILES string of the molecule is CO.OB(O)O.OB(O)O.OB(O)O.OB(O)O.[H-].[Li+]. The minimum Gasteiger partial charge on any atom is -1.00 e. The molecule has 0 aliphatic heterocycles. The van der Waals surface area contributed by atoms with Crippen molar-refractivity contribution < 1.29 is 85.7 Å². The van der Waals surface area contributed by atoms with Crippen LogP contribution in [0.5, 0.6) is 0 Å². The molecule has 0 saturated carbocycles. The van der Waals surface area contributed by atoms with Crippen molar-refractivity contribution in [2.24, 2.45) is 0 Å². The van der Waals surface area contributed by atoms with E-state index in [0.29, 0.717) is 0 Å². The molecular weight excluding hydrogens is 270 g/mol. The number of rotatable bonds is 0. The van der Waals surface area contributed by atoms with Crippen LogP contribution in [0.1, 0.15) is 1.43 Å². The first-order valence-electron chi connectivity index (χ1n) is 3.55. The predicted octanol–water partition coefficient (Wildman–Crippen LogP) is -11.5. The number of hydrogen-bond donors (Lipinski definition) is 13. The van der Waals surface area contributed by atoms with Crippen molar-refractivity contribution in [1.82, 2.24) is 0 Å². The Morgan fingerprint density at radius 3 is 0.421 bits per heavy atom. The standard InChI is InChI=1S/CH4O.4BH3O3.Li.H/c1-2;4*2-1(3)4;;/h2H,1H3;4*2-4H;;/q;;;;;+1;-1. The molecule has 0 aliphatic carbocycles. The molecule has 0 spiro atoms. The zero-order valence-corrected chi connectivity index (χ0v) is 10.1. The molecular formula is CH17B4LiO13. The molecule has 0 unspecified atom stereocenters. The summed E-state index contributed by atoms with van der Waals surface area (Å²) in [4.78, 5) is 0. The number of aliphatic hydroxyl groups is 1. The van der Waals surface area contributed by atoms with Gasteiger partial charge in [-0.05, 0) is 0 Å². The molecule has 0 atom stereocenters. The average molecular weight is 287 g/mol. The van der Waals surface area contributed by atoms with Gasteiger partial charge in [0.1, 0.15) is 0 Å². The summed E-state index contributed by atoms with van der Waals surface area (Å²) in [5.74, 6) is 0. The van der Waals surface area contributed by atoms with Crippen molar-refractivity contribution >= 4 is 29.3 Å². The maximum atomic E-state index is 7.17. The Hall–Kier alpha value is 0.337. The van der Waals surface area contributed by atoms with Gasteiger partial charge in [-0.2, -0.15) is 0 Å². The first-order valence-corrected chi connectivity index (χ1v) is 3.55. The Bertz CT molecular complexity index is 73.4. The molecule has 0 aromatic carbocycles. The molecule has 0 saturated heterocycles. The normalized spacial score (nSPS) is 6.00. The third-order valence-corrected chi connectivity index (χ3v) is 0. The van der Waals surface area contributed by atoms with Crippen molar-refractivity contribution in [1.29, 1.82) is 0 Å². The summed E-state index contributed by atoms with van der Waals surface area (Å²) < 4.78 is 0. The van der Waals surface area contributed by atoms with Crippen molar-refractivity contribution in [3.8, 4) is 0 Å². The monoisotopic (exact) mass is 288 g/mol. The second kappa shape index (κ2) is 36.2. The fourth-order valence-electron chi connectivity index (χ4n) is 0. The fraction of sp³-hybridized carbons (Fsp3) is 1.00. The molecule has 112 valence electrons. The van der Waals surface area contributed by atoms with Gasteiger partial charge < -0.3 is 66.8 Å². The van der Waals surface area contributed by atoms with Gasteiger partial charge in [-0.3, -0.25) is 0 Å². The summed E-state index contributed by atoms with van der Waals surface area (Å²) in [6, 6.07) is 0. The van der Waals surface area contributed by atoms with Crippen molar-refractivity contribution in [2.45, 2.75) is 0 Å². The summed E-state index contributed by atoms with van der Waals surface area (Å²) in [6.45, 7) is 0. The van der Waals surface area contributed by atoms with Gasteiger partial charge in [-0.15, -0.1) is 0 Å². The van der Waals surface area contributed by atoms with Gasteiger partial charge in [-0.1, -0.05) is 0 Å². The van der Waals surface area contributed by atoms with Crippen LogP contribution in [-0.4, -0.2) is 102 Å². The van der Waals surface area contributed by atoms with E-state index < -0.39 is 29.3 Å². The van der Waals surface area contributed by atoms with Crippen molar-refractivity contribution in [3.63, 3.8) is 0 Å². The molecule has 0 radical (unpaired) electrons. The van der Waals surface area contributed by atoms with Crippen LogP contribution < -0.4 is 18.9 Å². The zero-order chi connectivity index (χ0) is 16.3. The third-order valence-electron chi connectivity index (χ3n) is 0. The van der Waals surface area contributed by atoms with Crippen LogP contribution in [0.2, 0.25) is 0 Å². The molecule has 0 amide bonds. The molecule has 19 heavy (non-hydrogen) atoms. The average Bonchev–Trinajstić information content (AvgIpc) is 2.01. The Kier molecular flexibility index (Phi) is 69.7. The van der Waals surface area contributed by atoms with Gasteiger partial charge in [0, 0.05) is 7.11 Å². The molecule has 0 aliphatic rings. The van der Waals surface area contributed by atoms with Crippen LogP contribution >= 0.6 is 0 Å². The Labute approximate surface area is 123 Å². The summed E-state index contributed by atoms with van der Waals surface area (Å²) in [6.07, 6.45) is 0. The van der Waals surface area contributed by atoms with E-state index in [2.05, 4.69) is 0 Å². The topological polar surface area (TPSA) is 263 Å². The molecule has 0 heterocycles. The maximum Gasteiger partial charge on any atom is 1.00 e. The first-order chi connectivity index (χ1) is 7.93. The van der Waals surface area contributed by atoms with Gasteiger partial charge in [0.25, 0.3) is 0 Å². The van der Waals surface area contributed by atoms with Crippen LogP contribution in [0.25, 0.3) is 0 Å². The quantitative estimate of drug-likeness (QED) is 0.185. The van der Waals surface area contributed by atoms with Crippen molar-refractivity contribution in [3.05, 3.63) is 0 Å². The first kappa shape index (κ1) is 36.6. The molecule has 0 rings (SSSR count). The molecule has 0 aromatic rings. The van der Waals surface area contributed by atoms with E-state index in [0.717, 1.165) is 7.11 Å². The summed E-state index contributed by atoms with van der Waals surface area (Å²) >= 11 is 0. The van der Waals surface area contributed by atoms with E-state index >= 15 is 0 Å². The molecule has 13 nitrogen and oxygen atoms in total. The Morgan fingerprint density at radius 1 is 0.421 bits per heavy atom. The summed E-state index contributed by atoms with van der Waals surface area (Å²) in [5, 5.41) is 93.0. The van der Waals surface area contributed by atoms with Crippen LogP contribution in [0.3, 0.4) is 0 Å². The van der Waals surface area contributed by atoms with Crippen molar-refractivity contribution in [2.75, 3.05) is 7.11 Å². The molecule has 0 fully saturated rings. The van der Waals surface area contributed by atoms with Crippen LogP contribution in [-0.2, 0) is 0 Å². The van der Waals surface area contributed by atoms with Crippen LogP contribution in [0, 0.1) is 0 Å². The number of hydrogen-bond acceptors (Lipinski definition) is 13. The Morgan fingerprint density at radius 2 is 0.421 bits per heavy atom. The molecule has 0 aromatic heterocycles. The van der Waals surface area contributed by atoms with E-state index in [1.54, 1.807) is 0 Å². The molecule has 18 heteroatoms. The summed E-state index contributed by atoms with van der Waals surface area (Å²) in [7, 11) is -7.67. The van der Waals surface area contributed by atoms with E-state index in [-0.39, 0.29) is 20.3 Å². The van der Waals surface area contributed by atoms with Crippen LogP contribution in [0.4, 0.5) is 0 Å². The summed E-state index contributed by atoms with van der Waals surface area (Å²) in [5.41, 5.74) is 0. The van der Waals surface area contributed by atoms with Gasteiger partial charge in [-0.25, -0.2) is 0 Å². The number of aliphatic hydroxyl groups excluding tert-OH is 1. The van der Waals surface area contributed by atoms with E-state index in [1.165, 1.54) is 0 Å².